The molecule has 0 amide bonds. The van der Waals surface area contributed by atoms with Crippen molar-refractivity contribution in [2.75, 3.05) is 0 Å². The van der Waals surface area contributed by atoms with Crippen LogP contribution in [0.15, 0.2) is 54.6 Å². The lowest BCUT2D eigenvalue weighted by molar-refractivity contribution is 0.0878. The summed E-state index contributed by atoms with van der Waals surface area (Å²) < 4.78 is 14.0. The van der Waals surface area contributed by atoms with Gasteiger partial charge in [-0.25, -0.2) is 4.39 Å². The molecule has 0 aromatic heterocycles. The highest BCUT2D eigenvalue weighted by atomic mass is 35.5. The number of carbonyl (C=O) groups is 1. The molecule has 2 rings (SSSR count). The number of alkyl halides is 1. The molecule has 0 radical (unpaired) electrons. The van der Waals surface area contributed by atoms with Gasteiger partial charge in [0.1, 0.15) is 0 Å². The standard InChI is InChI=1S/C14H10ClFO/c15-12-9-5-4-8-11(12)13(16)14(17)10-6-2-1-3-7-10/h1-9,13H. The van der Waals surface area contributed by atoms with Crippen LogP contribution in [0.3, 0.4) is 0 Å². The Kier molecular flexibility index (Phi) is 3.55. The number of hydrogen-bond donors (Lipinski definition) is 0. The zero-order valence-electron chi connectivity index (χ0n) is 8.94. The Balaban J connectivity index is 2.30. The maximum Gasteiger partial charge on any atom is 0.201 e. The van der Waals surface area contributed by atoms with Crippen molar-refractivity contribution in [2.45, 2.75) is 6.17 Å². The molecular weight excluding hydrogens is 239 g/mol. The number of halogens is 2. The highest BCUT2D eigenvalue weighted by Gasteiger charge is 2.22. The van der Waals surface area contributed by atoms with Crippen LogP contribution >= 0.6 is 11.6 Å². The lowest BCUT2D eigenvalue weighted by atomic mass is 10.0. The molecule has 0 aliphatic carbocycles. The van der Waals surface area contributed by atoms with Crippen molar-refractivity contribution in [3.63, 3.8) is 0 Å². The van der Waals surface area contributed by atoms with Crippen molar-refractivity contribution < 1.29 is 9.18 Å². The van der Waals surface area contributed by atoms with Gasteiger partial charge in [0.25, 0.3) is 0 Å². The summed E-state index contributed by atoms with van der Waals surface area (Å²) in [5.74, 6) is -0.571. The lowest BCUT2D eigenvalue weighted by Gasteiger charge is -2.09. The first kappa shape index (κ1) is 11.8. The summed E-state index contributed by atoms with van der Waals surface area (Å²) in [7, 11) is 0. The van der Waals surface area contributed by atoms with E-state index in [1.54, 1.807) is 48.5 Å². The first-order chi connectivity index (χ1) is 8.20. The fourth-order valence-corrected chi connectivity index (χ4v) is 1.80. The number of Topliss-reactive ketones (excluding diaryl/α,β-unsaturated/α-hetero) is 1. The van der Waals surface area contributed by atoms with E-state index in [2.05, 4.69) is 0 Å². The molecule has 0 bridgehead atoms. The highest BCUT2D eigenvalue weighted by Crippen LogP contribution is 2.28. The Morgan fingerprint density at radius 2 is 1.59 bits per heavy atom. The van der Waals surface area contributed by atoms with Crippen LogP contribution in [0.2, 0.25) is 5.02 Å². The normalized spacial score (nSPS) is 12.1. The van der Waals surface area contributed by atoms with Crippen LogP contribution in [-0.4, -0.2) is 5.78 Å². The summed E-state index contributed by atoms with van der Waals surface area (Å²) in [5, 5.41) is 0.268. The third-order valence-electron chi connectivity index (χ3n) is 2.47. The molecule has 0 aliphatic rings. The first-order valence-corrected chi connectivity index (χ1v) is 5.55. The van der Waals surface area contributed by atoms with Crippen LogP contribution in [0.1, 0.15) is 22.1 Å². The molecule has 2 aromatic carbocycles. The van der Waals surface area contributed by atoms with Crippen molar-refractivity contribution in [2.24, 2.45) is 0 Å². The smallest absolute Gasteiger partial charge is 0.201 e. The maximum atomic E-state index is 14.0. The molecule has 0 saturated heterocycles. The number of ketones is 1. The predicted molar refractivity (Wildman–Crippen MR) is 66.1 cm³/mol. The van der Waals surface area contributed by atoms with Crippen LogP contribution < -0.4 is 0 Å². The Morgan fingerprint density at radius 3 is 2.24 bits per heavy atom. The van der Waals surface area contributed by atoms with Gasteiger partial charge in [-0.15, -0.1) is 0 Å². The quantitative estimate of drug-likeness (QED) is 0.743. The summed E-state index contributed by atoms with van der Waals surface area (Å²) in [6.45, 7) is 0. The largest absolute Gasteiger partial charge is 0.290 e. The average Bonchev–Trinajstić information content (AvgIpc) is 2.39. The minimum absolute atomic E-state index is 0.211. The monoisotopic (exact) mass is 248 g/mol. The SMILES string of the molecule is O=C(c1ccccc1)C(F)c1ccccc1Cl. The topological polar surface area (TPSA) is 17.1 Å². The number of rotatable bonds is 3. The number of carbonyl (C=O) groups excluding carboxylic acids is 1. The van der Waals surface area contributed by atoms with E-state index >= 15 is 0 Å². The van der Waals surface area contributed by atoms with Gasteiger partial charge in [0.05, 0.1) is 0 Å². The second-order valence-corrected chi connectivity index (χ2v) is 4.02. The second kappa shape index (κ2) is 5.11. The molecule has 86 valence electrons. The van der Waals surface area contributed by atoms with E-state index in [0.717, 1.165) is 0 Å². The van der Waals surface area contributed by atoms with E-state index in [-0.39, 0.29) is 10.6 Å². The number of benzene rings is 2. The average molecular weight is 249 g/mol. The molecule has 0 N–H and O–H groups in total. The van der Waals surface area contributed by atoms with Crippen LogP contribution in [0, 0.1) is 0 Å². The number of hydrogen-bond acceptors (Lipinski definition) is 1. The molecule has 3 heteroatoms. The molecule has 0 aliphatic heterocycles. The lowest BCUT2D eigenvalue weighted by Crippen LogP contribution is -2.08. The van der Waals surface area contributed by atoms with E-state index in [9.17, 15) is 9.18 Å². The van der Waals surface area contributed by atoms with Crippen molar-refractivity contribution in [1.82, 2.24) is 0 Å². The molecular formula is C14H10ClFO. The third kappa shape index (κ3) is 2.53. The minimum atomic E-state index is -1.72. The summed E-state index contributed by atoms with van der Waals surface area (Å²) >= 11 is 5.86. The van der Waals surface area contributed by atoms with Gasteiger partial charge in [0.15, 0.2) is 6.17 Å². The highest BCUT2D eigenvalue weighted by molar-refractivity contribution is 6.31. The third-order valence-corrected chi connectivity index (χ3v) is 2.81. The van der Waals surface area contributed by atoms with E-state index in [1.807, 2.05) is 0 Å². The Hall–Kier alpha value is -1.67. The molecule has 0 fully saturated rings. The molecule has 0 heterocycles. The van der Waals surface area contributed by atoms with E-state index in [0.29, 0.717) is 5.56 Å². The predicted octanol–water partition coefficient (Wildman–Crippen LogP) is 4.23. The van der Waals surface area contributed by atoms with Crippen LogP contribution in [0.4, 0.5) is 4.39 Å². The fourth-order valence-electron chi connectivity index (χ4n) is 1.57. The van der Waals surface area contributed by atoms with Crippen LogP contribution in [0.5, 0.6) is 0 Å². The van der Waals surface area contributed by atoms with Crippen LogP contribution in [-0.2, 0) is 0 Å². The Labute approximate surface area is 104 Å². The maximum absolute atomic E-state index is 14.0. The van der Waals surface area contributed by atoms with Gasteiger partial charge in [0, 0.05) is 16.1 Å². The van der Waals surface area contributed by atoms with Crippen molar-refractivity contribution >= 4 is 17.4 Å². The summed E-state index contributed by atoms with van der Waals surface area (Å²) in [4.78, 5) is 11.9. The van der Waals surface area contributed by atoms with Gasteiger partial charge in [0.2, 0.25) is 5.78 Å². The van der Waals surface area contributed by atoms with Gasteiger partial charge in [-0.1, -0.05) is 60.1 Å². The molecule has 1 nitrogen and oxygen atoms in total. The van der Waals surface area contributed by atoms with E-state index in [1.165, 1.54) is 6.07 Å². The van der Waals surface area contributed by atoms with Crippen LogP contribution in [0.25, 0.3) is 0 Å². The molecule has 1 atom stereocenters. The summed E-state index contributed by atoms with van der Waals surface area (Å²) in [6, 6.07) is 14.8. The Bertz CT molecular complexity index is 525. The van der Waals surface area contributed by atoms with E-state index in [4.69, 9.17) is 11.6 Å². The molecule has 1 unspecified atom stereocenters. The molecule has 0 spiro atoms. The minimum Gasteiger partial charge on any atom is -0.290 e. The summed E-state index contributed by atoms with van der Waals surface area (Å²) in [5.41, 5.74) is 0.558. The Morgan fingerprint density at radius 1 is 1.00 bits per heavy atom. The van der Waals surface area contributed by atoms with Crippen molar-refractivity contribution in [3.05, 3.63) is 70.7 Å². The van der Waals surface area contributed by atoms with E-state index < -0.39 is 12.0 Å². The fraction of sp³-hybridized carbons (Fsp3) is 0.0714. The van der Waals surface area contributed by atoms with Gasteiger partial charge in [-0.3, -0.25) is 4.79 Å². The summed E-state index contributed by atoms with van der Waals surface area (Å²) in [6.07, 6.45) is -1.72. The van der Waals surface area contributed by atoms with Crippen molar-refractivity contribution in [3.8, 4) is 0 Å². The molecule has 0 saturated carbocycles. The second-order valence-electron chi connectivity index (χ2n) is 3.61. The van der Waals surface area contributed by atoms with Gasteiger partial charge < -0.3 is 0 Å². The van der Waals surface area contributed by atoms with Gasteiger partial charge >= 0.3 is 0 Å². The first-order valence-electron chi connectivity index (χ1n) is 5.18. The molecule has 17 heavy (non-hydrogen) atoms. The zero-order valence-corrected chi connectivity index (χ0v) is 9.69. The zero-order chi connectivity index (χ0) is 12.3. The van der Waals surface area contributed by atoms with Gasteiger partial charge in [-0.2, -0.15) is 0 Å². The molecule has 2 aromatic rings. The van der Waals surface area contributed by atoms with Crippen molar-refractivity contribution in [1.29, 1.82) is 0 Å². The van der Waals surface area contributed by atoms with Gasteiger partial charge in [-0.05, 0) is 6.07 Å².